The number of hydrogen-bond donors (Lipinski definition) is 3. The molecule has 0 aromatic heterocycles. The van der Waals surface area contributed by atoms with E-state index < -0.39 is 17.3 Å². The van der Waals surface area contributed by atoms with Gasteiger partial charge in [0.1, 0.15) is 11.4 Å². The van der Waals surface area contributed by atoms with E-state index >= 15 is 0 Å². The van der Waals surface area contributed by atoms with Crippen molar-refractivity contribution in [3.63, 3.8) is 0 Å². The minimum atomic E-state index is -1.40. The smallest absolute Gasteiger partial charge is 0.256 e. The summed E-state index contributed by atoms with van der Waals surface area (Å²) in [6, 6.07) is 5.91. The van der Waals surface area contributed by atoms with Crippen LogP contribution in [0, 0.1) is 5.82 Å². The summed E-state index contributed by atoms with van der Waals surface area (Å²) >= 11 is 0. The molecule has 17 heavy (non-hydrogen) atoms. The topological polar surface area (TPSA) is 61.4 Å². The quantitative estimate of drug-likeness (QED) is 0.716. The van der Waals surface area contributed by atoms with Gasteiger partial charge >= 0.3 is 0 Å². The zero-order valence-electron chi connectivity index (χ0n) is 9.37. The van der Waals surface area contributed by atoms with Crippen molar-refractivity contribution in [1.82, 2.24) is 5.32 Å². The van der Waals surface area contributed by atoms with Crippen LogP contribution < -0.4 is 10.6 Å². The fourth-order valence-electron chi connectivity index (χ4n) is 1.87. The second-order valence-corrected chi connectivity index (χ2v) is 4.22. The number of hydrogen-bond acceptors (Lipinski definition) is 3. The van der Waals surface area contributed by atoms with E-state index in [1.54, 1.807) is 12.1 Å². The van der Waals surface area contributed by atoms with E-state index in [4.69, 9.17) is 0 Å². The van der Waals surface area contributed by atoms with Crippen LogP contribution in [0.4, 0.5) is 10.1 Å². The summed E-state index contributed by atoms with van der Waals surface area (Å²) in [6.07, 6.45) is 0.681. The monoisotopic (exact) mass is 238 g/mol. The number of carbonyl (C=O) groups is 1. The number of para-hydroxylation sites is 1. The van der Waals surface area contributed by atoms with Crippen LogP contribution in [0.5, 0.6) is 0 Å². The summed E-state index contributed by atoms with van der Waals surface area (Å²) < 4.78 is 13.3. The molecular weight excluding hydrogens is 223 g/mol. The lowest BCUT2D eigenvalue weighted by Crippen LogP contribution is -2.50. The minimum Gasteiger partial charge on any atom is -0.380 e. The second-order valence-electron chi connectivity index (χ2n) is 4.22. The first kappa shape index (κ1) is 12.0. The van der Waals surface area contributed by atoms with Crippen LogP contribution in [0.2, 0.25) is 0 Å². The van der Waals surface area contributed by atoms with Crippen molar-refractivity contribution in [2.75, 3.05) is 18.4 Å². The fraction of sp³-hybridized carbons (Fsp3) is 0.417. The van der Waals surface area contributed by atoms with Gasteiger partial charge in [-0.1, -0.05) is 12.1 Å². The number of halogens is 1. The molecule has 1 aliphatic heterocycles. The third-order valence-corrected chi connectivity index (χ3v) is 2.98. The van der Waals surface area contributed by atoms with Gasteiger partial charge in [-0.05, 0) is 38.1 Å². The fourth-order valence-corrected chi connectivity index (χ4v) is 1.87. The highest BCUT2D eigenvalue weighted by atomic mass is 19.1. The summed E-state index contributed by atoms with van der Waals surface area (Å²) in [6.45, 7) is 1.17. The molecule has 0 bridgehead atoms. The van der Waals surface area contributed by atoms with Crippen molar-refractivity contribution >= 4 is 11.6 Å². The molecule has 1 aliphatic rings. The summed E-state index contributed by atoms with van der Waals surface area (Å²) in [7, 11) is 0. The lowest BCUT2D eigenvalue weighted by Gasteiger charge is -2.31. The zero-order chi connectivity index (χ0) is 12.3. The SMILES string of the molecule is O=C(Nc1ccccc1F)C1(O)CCNCC1. The number of amides is 1. The van der Waals surface area contributed by atoms with Gasteiger partial charge in [-0.3, -0.25) is 4.79 Å². The lowest BCUT2D eigenvalue weighted by molar-refractivity contribution is -0.136. The molecule has 92 valence electrons. The van der Waals surface area contributed by atoms with Gasteiger partial charge in [0.05, 0.1) is 5.69 Å². The van der Waals surface area contributed by atoms with E-state index in [1.165, 1.54) is 12.1 Å². The molecule has 4 nitrogen and oxygen atoms in total. The highest BCUT2D eigenvalue weighted by Crippen LogP contribution is 2.21. The van der Waals surface area contributed by atoms with Crippen molar-refractivity contribution in [3.8, 4) is 0 Å². The maximum absolute atomic E-state index is 13.3. The van der Waals surface area contributed by atoms with Crippen molar-refractivity contribution in [3.05, 3.63) is 30.1 Å². The molecule has 1 fully saturated rings. The molecule has 1 aromatic carbocycles. The van der Waals surface area contributed by atoms with E-state index in [0.717, 1.165) is 0 Å². The molecule has 2 rings (SSSR count). The molecule has 1 amide bonds. The van der Waals surface area contributed by atoms with Gasteiger partial charge in [-0.2, -0.15) is 0 Å². The van der Waals surface area contributed by atoms with Crippen molar-refractivity contribution in [2.45, 2.75) is 18.4 Å². The Bertz CT molecular complexity index is 417. The molecule has 1 heterocycles. The largest absolute Gasteiger partial charge is 0.380 e. The molecule has 0 aliphatic carbocycles. The number of nitrogens with one attached hydrogen (secondary N) is 2. The van der Waals surface area contributed by atoms with Crippen LogP contribution in [0.3, 0.4) is 0 Å². The van der Waals surface area contributed by atoms with Crippen molar-refractivity contribution in [1.29, 1.82) is 0 Å². The molecule has 0 radical (unpaired) electrons. The van der Waals surface area contributed by atoms with Crippen LogP contribution in [0.15, 0.2) is 24.3 Å². The summed E-state index contributed by atoms with van der Waals surface area (Å²) in [5.41, 5.74) is -1.29. The Balaban J connectivity index is 2.08. The first-order valence-corrected chi connectivity index (χ1v) is 5.61. The van der Waals surface area contributed by atoms with E-state index in [0.29, 0.717) is 25.9 Å². The first-order chi connectivity index (χ1) is 8.12. The molecule has 0 saturated carbocycles. The number of anilines is 1. The van der Waals surface area contributed by atoms with E-state index in [-0.39, 0.29) is 5.69 Å². The Kier molecular flexibility index (Phi) is 3.40. The molecule has 1 aromatic rings. The van der Waals surface area contributed by atoms with Crippen LogP contribution in [0.25, 0.3) is 0 Å². The van der Waals surface area contributed by atoms with Gasteiger partial charge in [-0.15, -0.1) is 0 Å². The van der Waals surface area contributed by atoms with Crippen molar-refractivity contribution in [2.24, 2.45) is 0 Å². The molecule has 1 saturated heterocycles. The summed E-state index contributed by atoms with van der Waals surface area (Å²) in [5.74, 6) is -1.04. The normalized spacial score (nSPS) is 18.7. The highest BCUT2D eigenvalue weighted by molar-refractivity contribution is 5.97. The van der Waals surface area contributed by atoms with Crippen molar-refractivity contribution < 1.29 is 14.3 Å². The maximum atomic E-state index is 13.3. The number of piperidine rings is 1. The summed E-state index contributed by atoms with van der Waals surface area (Å²) in [5, 5.41) is 15.6. The van der Waals surface area contributed by atoms with Crippen LogP contribution in [0.1, 0.15) is 12.8 Å². The first-order valence-electron chi connectivity index (χ1n) is 5.61. The third kappa shape index (κ3) is 2.62. The minimum absolute atomic E-state index is 0.101. The van der Waals surface area contributed by atoms with Crippen LogP contribution in [-0.4, -0.2) is 29.7 Å². The highest BCUT2D eigenvalue weighted by Gasteiger charge is 2.37. The third-order valence-electron chi connectivity index (χ3n) is 2.98. The molecular formula is C12H15FN2O2. The van der Waals surface area contributed by atoms with Crippen LogP contribution >= 0.6 is 0 Å². The Morgan fingerprint density at radius 1 is 1.35 bits per heavy atom. The second kappa shape index (κ2) is 4.81. The van der Waals surface area contributed by atoms with Gasteiger partial charge in [0.15, 0.2) is 0 Å². The predicted octanol–water partition coefficient (Wildman–Crippen LogP) is 0.879. The standard InChI is InChI=1S/C12H15FN2O2/c13-9-3-1-2-4-10(9)15-11(16)12(17)5-7-14-8-6-12/h1-4,14,17H,5-8H2,(H,15,16). The Hall–Kier alpha value is -1.46. The van der Waals surface area contributed by atoms with Crippen LogP contribution in [-0.2, 0) is 4.79 Å². The molecule has 0 atom stereocenters. The predicted molar refractivity (Wildman–Crippen MR) is 62.1 cm³/mol. The average molecular weight is 238 g/mol. The lowest BCUT2D eigenvalue weighted by atomic mass is 9.91. The Morgan fingerprint density at radius 2 is 2.00 bits per heavy atom. The van der Waals surface area contributed by atoms with E-state index in [1.807, 2.05) is 0 Å². The molecule has 3 N–H and O–H groups in total. The molecule has 0 unspecified atom stereocenters. The van der Waals surface area contributed by atoms with Gasteiger partial charge in [0, 0.05) is 0 Å². The van der Waals surface area contributed by atoms with Gasteiger partial charge < -0.3 is 15.7 Å². The number of carbonyl (C=O) groups excluding carboxylic acids is 1. The van der Waals surface area contributed by atoms with E-state index in [2.05, 4.69) is 10.6 Å². The maximum Gasteiger partial charge on any atom is 0.256 e. The van der Waals surface area contributed by atoms with Gasteiger partial charge in [0.25, 0.3) is 5.91 Å². The molecule has 0 spiro atoms. The number of rotatable bonds is 2. The summed E-state index contributed by atoms with van der Waals surface area (Å²) in [4.78, 5) is 11.9. The van der Waals surface area contributed by atoms with E-state index in [9.17, 15) is 14.3 Å². The van der Waals surface area contributed by atoms with Gasteiger partial charge in [0.2, 0.25) is 0 Å². The molecule has 5 heteroatoms. The average Bonchev–Trinajstić information content (AvgIpc) is 2.33. The zero-order valence-corrected chi connectivity index (χ0v) is 9.37. The number of aliphatic hydroxyl groups is 1. The van der Waals surface area contributed by atoms with Gasteiger partial charge in [-0.25, -0.2) is 4.39 Å². The Labute approximate surface area is 98.8 Å². The Morgan fingerprint density at radius 3 is 2.65 bits per heavy atom. The number of benzene rings is 1.